The second-order valence-corrected chi connectivity index (χ2v) is 9.27. The van der Waals surface area contributed by atoms with E-state index in [-0.39, 0.29) is 29.4 Å². The van der Waals surface area contributed by atoms with Crippen LogP contribution < -0.4 is 26.2 Å². The van der Waals surface area contributed by atoms with Crippen molar-refractivity contribution in [2.75, 3.05) is 6.61 Å². The van der Waals surface area contributed by atoms with E-state index in [1.54, 1.807) is 18.2 Å². The summed E-state index contributed by atoms with van der Waals surface area (Å²) in [5.41, 5.74) is 7.24. The van der Waals surface area contributed by atoms with Crippen LogP contribution in [0.4, 0.5) is 0 Å². The first-order valence-electron chi connectivity index (χ1n) is 11.6. The molecule has 3 aromatic rings. The zero-order chi connectivity index (χ0) is 26.5. The molecule has 0 fully saturated rings. The highest BCUT2D eigenvalue weighted by Crippen LogP contribution is 2.23. The average molecular weight is 584 g/mol. The van der Waals surface area contributed by atoms with Crippen molar-refractivity contribution in [2.24, 2.45) is 0 Å². The number of thiocarbonyl (C=S) groups is 1. The lowest BCUT2D eigenvalue weighted by molar-refractivity contribution is -0.126. The van der Waals surface area contributed by atoms with Crippen LogP contribution >= 0.6 is 28.1 Å². The molecule has 8 nitrogen and oxygen atoms in total. The Hall–Kier alpha value is -3.76. The summed E-state index contributed by atoms with van der Waals surface area (Å²) < 4.78 is 6.55. The number of nitrogens with one attached hydrogen (secondary N) is 4. The van der Waals surface area contributed by atoms with Gasteiger partial charge in [0.25, 0.3) is 5.91 Å². The highest BCUT2D eigenvalue weighted by molar-refractivity contribution is 9.10. The van der Waals surface area contributed by atoms with Crippen molar-refractivity contribution in [1.29, 1.82) is 0 Å². The Kier molecular flexibility index (Phi) is 11.1. The second-order valence-electron chi connectivity index (χ2n) is 7.94. The number of hydrazine groups is 1. The largest absolute Gasteiger partial charge is 0.492 e. The first-order valence-corrected chi connectivity index (χ1v) is 12.8. The van der Waals surface area contributed by atoms with Crippen molar-refractivity contribution in [1.82, 2.24) is 21.5 Å². The lowest BCUT2D eigenvalue weighted by Crippen LogP contribution is -2.48. The number of hydrogen-bond acceptors (Lipinski definition) is 5. The maximum atomic E-state index is 12.8. The van der Waals surface area contributed by atoms with E-state index in [0.717, 1.165) is 11.1 Å². The van der Waals surface area contributed by atoms with Gasteiger partial charge in [-0.25, -0.2) is 0 Å². The molecule has 0 aromatic heterocycles. The zero-order valence-corrected chi connectivity index (χ0v) is 22.4. The van der Waals surface area contributed by atoms with Gasteiger partial charge in [-0.05, 0) is 41.5 Å². The normalized spacial score (nSPS) is 10.2. The van der Waals surface area contributed by atoms with Crippen molar-refractivity contribution in [2.45, 2.75) is 25.8 Å². The molecule has 192 valence electrons. The Labute approximate surface area is 229 Å². The number of ether oxygens (including phenoxy) is 1. The van der Waals surface area contributed by atoms with Gasteiger partial charge < -0.3 is 10.1 Å². The molecule has 10 heteroatoms. The summed E-state index contributed by atoms with van der Waals surface area (Å²) in [4.78, 5) is 36.8. The van der Waals surface area contributed by atoms with Gasteiger partial charge in [0.2, 0.25) is 11.8 Å². The van der Waals surface area contributed by atoms with E-state index < -0.39 is 11.8 Å². The lowest BCUT2D eigenvalue weighted by atomic mass is 10.1. The fourth-order valence-corrected chi connectivity index (χ4v) is 3.74. The van der Waals surface area contributed by atoms with Gasteiger partial charge in [0.1, 0.15) is 5.75 Å². The SMILES string of the molecule is O=C(CCC(=O)NNC(=S)NC(=O)c1cc(Br)ccc1OCCc1ccccc1)NCc1ccccc1. The first-order chi connectivity index (χ1) is 17.9. The standard InChI is InChI=1S/C27H27BrN4O4S/c28-21-11-12-23(36-16-15-19-7-3-1-4-8-19)22(17-21)26(35)30-27(37)32-31-25(34)14-13-24(33)29-18-20-9-5-2-6-10-20/h1-12,17H,13-16,18H2,(H,29,33)(H,31,34)(H2,30,32,35,37). The quantitative estimate of drug-likeness (QED) is 0.214. The van der Waals surface area contributed by atoms with Gasteiger partial charge in [-0.2, -0.15) is 0 Å². The summed E-state index contributed by atoms with van der Waals surface area (Å²) in [5.74, 6) is -0.781. The number of rotatable bonds is 10. The van der Waals surface area contributed by atoms with Crippen molar-refractivity contribution in [3.05, 3.63) is 100 Å². The fraction of sp³-hybridized carbons (Fsp3) is 0.185. The highest BCUT2D eigenvalue weighted by Gasteiger charge is 2.15. The summed E-state index contributed by atoms with van der Waals surface area (Å²) in [7, 11) is 0. The molecule has 0 atom stereocenters. The molecule has 4 N–H and O–H groups in total. The Bertz CT molecular complexity index is 1230. The Morgan fingerprint density at radius 1 is 0.811 bits per heavy atom. The third-order valence-corrected chi connectivity index (χ3v) is 5.83. The number of amides is 3. The monoisotopic (exact) mass is 582 g/mol. The van der Waals surface area contributed by atoms with Crippen LogP contribution in [-0.4, -0.2) is 29.4 Å². The van der Waals surface area contributed by atoms with Crippen LogP contribution in [-0.2, 0) is 22.6 Å². The van der Waals surface area contributed by atoms with E-state index in [4.69, 9.17) is 17.0 Å². The molecule has 0 radical (unpaired) electrons. The number of carbonyl (C=O) groups is 3. The number of hydrogen-bond donors (Lipinski definition) is 4. The summed E-state index contributed by atoms with van der Waals surface area (Å²) in [5, 5.41) is 5.18. The van der Waals surface area contributed by atoms with Gasteiger partial charge in [0, 0.05) is 30.3 Å². The molecule has 0 spiro atoms. The smallest absolute Gasteiger partial charge is 0.261 e. The zero-order valence-electron chi connectivity index (χ0n) is 20.0. The van der Waals surface area contributed by atoms with Gasteiger partial charge >= 0.3 is 0 Å². The number of carbonyl (C=O) groups excluding carboxylic acids is 3. The minimum Gasteiger partial charge on any atom is -0.492 e. The van der Waals surface area contributed by atoms with E-state index in [0.29, 0.717) is 29.8 Å². The van der Waals surface area contributed by atoms with E-state index >= 15 is 0 Å². The van der Waals surface area contributed by atoms with Crippen LogP contribution in [0.5, 0.6) is 5.75 Å². The molecule has 0 heterocycles. The van der Waals surface area contributed by atoms with Crippen LogP contribution in [0.2, 0.25) is 0 Å². The van der Waals surface area contributed by atoms with E-state index in [1.807, 2.05) is 60.7 Å². The maximum Gasteiger partial charge on any atom is 0.261 e. The second kappa shape index (κ2) is 14.7. The maximum absolute atomic E-state index is 12.8. The van der Waals surface area contributed by atoms with E-state index in [1.165, 1.54) is 0 Å². The highest BCUT2D eigenvalue weighted by atomic mass is 79.9. The lowest BCUT2D eigenvalue weighted by Gasteiger charge is -2.14. The molecule has 0 aliphatic rings. The predicted octanol–water partition coefficient (Wildman–Crippen LogP) is 3.80. The first kappa shape index (κ1) is 27.8. The summed E-state index contributed by atoms with van der Waals surface area (Å²) in [6.07, 6.45) is 0.657. The van der Waals surface area contributed by atoms with Gasteiger partial charge in [-0.1, -0.05) is 76.6 Å². The molecular formula is C27H27BrN4O4S. The fourth-order valence-electron chi connectivity index (χ4n) is 3.23. The molecule has 3 rings (SSSR count). The van der Waals surface area contributed by atoms with Crippen molar-refractivity contribution in [3.63, 3.8) is 0 Å². The van der Waals surface area contributed by atoms with Crippen molar-refractivity contribution >= 4 is 51.0 Å². The Morgan fingerprint density at radius 2 is 1.46 bits per heavy atom. The predicted molar refractivity (Wildman–Crippen MR) is 149 cm³/mol. The number of benzene rings is 3. The molecule has 37 heavy (non-hydrogen) atoms. The molecule has 0 bridgehead atoms. The number of halogens is 1. The molecular weight excluding hydrogens is 556 g/mol. The van der Waals surface area contributed by atoms with Crippen LogP contribution in [0.1, 0.15) is 34.3 Å². The minimum atomic E-state index is -0.497. The van der Waals surface area contributed by atoms with Gasteiger partial charge in [0.05, 0.1) is 12.2 Å². The Balaban J connectivity index is 1.40. The molecule has 3 aromatic carbocycles. The Morgan fingerprint density at radius 3 is 2.16 bits per heavy atom. The van der Waals surface area contributed by atoms with Crippen LogP contribution in [0.15, 0.2) is 83.3 Å². The molecule has 0 saturated carbocycles. The summed E-state index contributed by atoms with van der Waals surface area (Å²) >= 11 is 8.48. The van der Waals surface area contributed by atoms with E-state index in [9.17, 15) is 14.4 Å². The van der Waals surface area contributed by atoms with Crippen LogP contribution in [0, 0.1) is 0 Å². The van der Waals surface area contributed by atoms with Crippen molar-refractivity contribution in [3.8, 4) is 5.75 Å². The molecule has 0 aliphatic heterocycles. The minimum absolute atomic E-state index is 0.0151. The van der Waals surface area contributed by atoms with Crippen molar-refractivity contribution < 1.29 is 19.1 Å². The van der Waals surface area contributed by atoms with Crippen LogP contribution in [0.3, 0.4) is 0 Å². The van der Waals surface area contributed by atoms with Gasteiger partial charge in [-0.15, -0.1) is 0 Å². The van der Waals surface area contributed by atoms with Gasteiger partial charge in [-0.3, -0.25) is 30.6 Å². The third-order valence-electron chi connectivity index (χ3n) is 5.13. The molecule has 0 saturated heterocycles. The molecule has 3 amide bonds. The topological polar surface area (TPSA) is 109 Å². The third kappa shape index (κ3) is 10.0. The average Bonchev–Trinajstić information content (AvgIpc) is 2.91. The summed E-state index contributed by atoms with van der Waals surface area (Å²) in [6.45, 7) is 0.785. The molecule has 0 unspecified atom stereocenters. The van der Waals surface area contributed by atoms with E-state index in [2.05, 4.69) is 37.4 Å². The van der Waals surface area contributed by atoms with Crippen LogP contribution in [0.25, 0.3) is 0 Å². The summed E-state index contributed by atoms with van der Waals surface area (Å²) in [6, 6.07) is 24.5. The molecule has 0 aliphatic carbocycles. The van der Waals surface area contributed by atoms with Gasteiger partial charge in [0.15, 0.2) is 5.11 Å².